The summed E-state index contributed by atoms with van der Waals surface area (Å²) in [7, 11) is 1.57. The van der Waals surface area contributed by atoms with Gasteiger partial charge in [-0.1, -0.05) is 0 Å². The van der Waals surface area contributed by atoms with Gasteiger partial charge in [0, 0.05) is 31.0 Å². The lowest BCUT2D eigenvalue weighted by Gasteiger charge is -2.07. The van der Waals surface area contributed by atoms with E-state index in [1.165, 1.54) is 0 Å². The number of aryl methyl sites for hydroxylation is 1. The molecular weight excluding hydrogens is 332 g/mol. The number of nitrogens with one attached hydrogen (secondary N) is 2. The average molecular weight is 352 g/mol. The molecule has 0 bridgehead atoms. The summed E-state index contributed by atoms with van der Waals surface area (Å²) in [6.07, 6.45) is 3.55. The number of carbonyl (C=O) groups excluding carboxylic acids is 2. The number of imidazole rings is 1. The summed E-state index contributed by atoms with van der Waals surface area (Å²) in [4.78, 5) is 28.5. The van der Waals surface area contributed by atoms with Crippen molar-refractivity contribution in [2.45, 2.75) is 6.92 Å². The second kappa shape index (κ2) is 7.69. The number of hydrogen-bond donors (Lipinski definition) is 2. The zero-order valence-corrected chi connectivity index (χ0v) is 14.7. The van der Waals surface area contributed by atoms with Crippen molar-refractivity contribution in [1.29, 1.82) is 0 Å². The van der Waals surface area contributed by atoms with Crippen LogP contribution < -0.4 is 15.4 Å². The van der Waals surface area contributed by atoms with E-state index in [4.69, 9.17) is 4.74 Å². The Balaban J connectivity index is 1.49. The Morgan fingerprint density at radius 1 is 1.08 bits per heavy atom. The first-order valence-corrected chi connectivity index (χ1v) is 8.22. The number of amides is 2. The molecule has 1 aromatic carbocycles. The molecule has 0 aliphatic heterocycles. The first-order chi connectivity index (χ1) is 12.6. The van der Waals surface area contributed by atoms with E-state index in [2.05, 4.69) is 15.6 Å². The van der Waals surface area contributed by atoms with Gasteiger partial charge in [-0.15, -0.1) is 0 Å². The third kappa shape index (κ3) is 4.00. The minimum Gasteiger partial charge on any atom is -0.497 e. The zero-order chi connectivity index (χ0) is 18.5. The second-order valence-corrected chi connectivity index (χ2v) is 5.84. The summed E-state index contributed by atoms with van der Waals surface area (Å²) in [6.45, 7) is 2.61. The Kier molecular flexibility index (Phi) is 5.17. The van der Waals surface area contributed by atoms with Crippen molar-refractivity contribution in [1.82, 2.24) is 20.0 Å². The number of rotatable bonds is 6. The van der Waals surface area contributed by atoms with Crippen molar-refractivity contribution < 1.29 is 14.3 Å². The average Bonchev–Trinajstić information content (AvgIpc) is 3.08. The van der Waals surface area contributed by atoms with E-state index in [1.54, 1.807) is 42.0 Å². The third-order valence-corrected chi connectivity index (χ3v) is 3.90. The summed E-state index contributed by atoms with van der Waals surface area (Å²) >= 11 is 0. The van der Waals surface area contributed by atoms with Gasteiger partial charge >= 0.3 is 0 Å². The fourth-order valence-corrected chi connectivity index (χ4v) is 2.48. The highest BCUT2D eigenvalue weighted by Crippen LogP contribution is 2.11. The largest absolute Gasteiger partial charge is 0.497 e. The minimum absolute atomic E-state index is 0.204. The van der Waals surface area contributed by atoms with Crippen LogP contribution in [0.1, 0.15) is 26.4 Å². The van der Waals surface area contributed by atoms with Gasteiger partial charge in [0.2, 0.25) is 0 Å². The fraction of sp³-hybridized carbons (Fsp3) is 0.211. The molecule has 0 spiro atoms. The summed E-state index contributed by atoms with van der Waals surface area (Å²) in [6, 6.07) is 10.7. The monoisotopic (exact) mass is 352 g/mol. The number of hydrogen-bond acceptors (Lipinski definition) is 4. The standard InChI is InChI=1S/C19H20N4O3/c1-13-7-10-23-12-16(22-17(23)11-13)19(25)21-9-8-20-18(24)14-3-5-15(26-2)6-4-14/h3-7,10-12H,8-9H2,1-2H3,(H,20,24)(H,21,25). The Bertz CT molecular complexity index is 932. The highest BCUT2D eigenvalue weighted by Gasteiger charge is 2.11. The molecule has 0 atom stereocenters. The van der Waals surface area contributed by atoms with Crippen molar-refractivity contribution in [2.24, 2.45) is 0 Å². The van der Waals surface area contributed by atoms with Gasteiger partial charge in [-0.2, -0.15) is 0 Å². The molecule has 3 rings (SSSR count). The Morgan fingerprint density at radius 2 is 1.77 bits per heavy atom. The van der Waals surface area contributed by atoms with Crippen LogP contribution in [0.2, 0.25) is 0 Å². The number of benzene rings is 1. The molecule has 3 aromatic rings. The van der Waals surface area contributed by atoms with Crippen LogP contribution in [0.5, 0.6) is 5.75 Å². The van der Waals surface area contributed by atoms with Crippen LogP contribution in [-0.2, 0) is 0 Å². The van der Waals surface area contributed by atoms with Crippen LogP contribution in [-0.4, -0.2) is 41.4 Å². The normalized spacial score (nSPS) is 10.5. The van der Waals surface area contributed by atoms with E-state index in [0.29, 0.717) is 30.1 Å². The van der Waals surface area contributed by atoms with Crippen LogP contribution in [0, 0.1) is 6.92 Å². The number of fused-ring (bicyclic) bond motifs is 1. The quantitative estimate of drug-likeness (QED) is 0.663. The Morgan fingerprint density at radius 3 is 2.46 bits per heavy atom. The van der Waals surface area contributed by atoms with Gasteiger partial charge in [-0.3, -0.25) is 9.59 Å². The van der Waals surface area contributed by atoms with Crippen LogP contribution in [0.25, 0.3) is 5.65 Å². The summed E-state index contributed by atoms with van der Waals surface area (Å²) in [5.41, 5.74) is 2.68. The Hall–Kier alpha value is -3.35. The smallest absolute Gasteiger partial charge is 0.271 e. The molecule has 26 heavy (non-hydrogen) atoms. The summed E-state index contributed by atoms with van der Waals surface area (Å²) in [5.74, 6) is 0.214. The molecular formula is C19H20N4O3. The highest BCUT2D eigenvalue weighted by atomic mass is 16.5. The molecule has 2 amide bonds. The van der Waals surface area contributed by atoms with Crippen molar-refractivity contribution in [2.75, 3.05) is 20.2 Å². The molecule has 0 fully saturated rings. The number of methoxy groups -OCH3 is 1. The van der Waals surface area contributed by atoms with Gasteiger partial charge in [0.05, 0.1) is 7.11 Å². The summed E-state index contributed by atoms with van der Waals surface area (Å²) < 4.78 is 6.86. The predicted molar refractivity (Wildman–Crippen MR) is 97.6 cm³/mol. The molecule has 0 radical (unpaired) electrons. The number of nitrogens with zero attached hydrogens (tertiary/aromatic N) is 2. The van der Waals surface area contributed by atoms with Gasteiger partial charge in [0.25, 0.3) is 11.8 Å². The van der Waals surface area contributed by atoms with Crippen LogP contribution in [0.15, 0.2) is 48.8 Å². The van der Waals surface area contributed by atoms with Gasteiger partial charge in [0.1, 0.15) is 17.1 Å². The topological polar surface area (TPSA) is 84.7 Å². The van der Waals surface area contributed by atoms with Crippen molar-refractivity contribution in [3.05, 3.63) is 65.6 Å². The number of aromatic nitrogens is 2. The molecule has 0 unspecified atom stereocenters. The molecule has 2 N–H and O–H groups in total. The second-order valence-electron chi connectivity index (χ2n) is 5.84. The molecule has 2 aromatic heterocycles. The van der Waals surface area contributed by atoms with Gasteiger partial charge < -0.3 is 19.8 Å². The maximum absolute atomic E-state index is 12.2. The predicted octanol–water partition coefficient (Wildman–Crippen LogP) is 1.81. The number of pyridine rings is 1. The SMILES string of the molecule is COc1ccc(C(=O)NCCNC(=O)c2cn3ccc(C)cc3n2)cc1. The fourth-order valence-electron chi connectivity index (χ4n) is 2.48. The molecule has 0 aliphatic rings. The van der Waals surface area contributed by atoms with Crippen LogP contribution in [0.3, 0.4) is 0 Å². The van der Waals surface area contributed by atoms with Gasteiger partial charge in [0.15, 0.2) is 0 Å². The number of carbonyl (C=O) groups is 2. The molecule has 2 heterocycles. The maximum atomic E-state index is 12.2. The lowest BCUT2D eigenvalue weighted by Crippen LogP contribution is -2.34. The highest BCUT2D eigenvalue weighted by molar-refractivity contribution is 5.94. The van der Waals surface area contributed by atoms with Crippen LogP contribution >= 0.6 is 0 Å². The third-order valence-electron chi connectivity index (χ3n) is 3.90. The lowest BCUT2D eigenvalue weighted by atomic mass is 10.2. The molecule has 0 aliphatic carbocycles. The molecule has 7 nitrogen and oxygen atoms in total. The zero-order valence-electron chi connectivity index (χ0n) is 14.7. The van der Waals surface area contributed by atoms with E-state index >= 15 is 0 Å². The van der Waals surface area contributed by atoms with Crippen LogP contribution in [0.4, 0.5) is 0 Å². The van der Waals surface area contributed by atoms with Gasteiger partial charge in [-0.05, 0) is 48.9 Å². The van der Waals surface area contributed by atoms with E-state index < -0.39 is 0 Å². The molecule has 0 saturated carbocycles. The number of ether oxygens (including phenoxy) is 1. The first-order valence-electron chi connectivity index (χ1n) is 8.22. The molecule has 7 heteroatoms. The molecule has 0 saturated heterocycles. The summed E-state index contributed by atoms with van der Waals surface area (Å²) in [5, 5.41) is 5.51. The molecule has 134 valence electrons. The lowest BCUT2D eigenvalue weighted by molar-refractivity contribution is 0.0925. The van der Waals surface area contributed by atoms with Crippen molar-refractivity contribution in [3.8, 4) is 5.75 Å². The van der Waals surface area contributed by atoms with E-state index in [0.717, 1.165) is 11.2 Å². The Labute approximate surface area is 151 Å². The van der Waals surface area contributed by atoms with E-state index in [9.17, 15) is 9.59 Å². The van der Waals surface area contributed by atoms with Crippen molar-refractivity contribution >= 4 is 17.5 Å². The van der Waals surface area contributed by atoms with Gasteiger partial charge in [-0.25, -0.2) is 4.98 Å². The first kappa shape index (κ1) is 17.5. The van der Waals surface area contributed by atoms with E-state index in [1.807, 2.05) is 25.3 Å². The van der Waals surface area contributed by atoms with Crippen molar-refractivity contribution in [3.63, 3.8) is 0 Å². The van der Waals surface area contributed by atoms with E-state index in [-0.39, 0.29) is 11.8 Å². The minimum atomic E-state index is -0.273. The maximum Gasteiger partial charge on any atom is 0.271 e.